The smallest absolute Gasteiger partial charge is 0.135 e. The van der Waals surface area contributed by atoms with Gasteiger partial charge in [-0.25, -0.2) is 18.7 Å². The number of nitrogens with two attached hydrogens (primary N) is 1. The number of aromatic nitrogens is 3. The third-order valence-corrected chi connectivity index (χ3v) is 6.33. The van der Waals surface area contributed by atoms with Gasteiger partial charge in [-0.3, -0.25) is 9.98 Å². The van der Waals surface area contributed by atoms with Crippen molar-refractivity contribution in [2.75, 3.05) is 0 Å². The van der Waals surface area contributed by atoms with Gasteiger partial charge in [-0.1, -0.05) is 0 Å². The molecule has 3 heterocycles. The molecule has 2 N–H and O–H groups in total. The van der Waals surface area contributed by atoms with Crippen molar-refractivity contribution in [2.24, 2.45) is 10.7 Å². The summed E-state index contributed by atoms with van der Waals surface area (Å²) in [7, 11) is 0. The zero-order valence-corrected chi connectivity index (χ0v) is 19.2. The second-order valence-corrected chi connectivity index (χ2v) is 9.18. The number of aryl methyl sites for hydroxylation is 1. The molecule has 0 bridgehead atoms. The molecule has 1 aliphatic heterocycles. The molecule has 3 atom stereocenters. The Morgan fingerprint density at radius 1 is 1.18 bits per heavy atom. The van der Waals surface area contributed by atoms with Crippen molar-refractivity contribution >= 4 is 17.2 Å². The number of fused-ring (bicyclic) bond motifs is 1. The van der Waals surface area contributed by atoms with E-state index in [0.29, 0.717) is 29.2 Å². The standard InChI is InChI=1S/C26H27F2N5O/c1-14-12-31-26-23(32-14)10-22(33-25(26)20-6-3-18(27)9-21(20)28)16-7-15(2)34-24(8-16)17(11-29)13-30-19-4-5-19/h3,6,9-13,15-16,19,24H,4-5,7-8,29H2,1-2H3/b17-11+,30-13?/t15-,16+,24+/m1/s1. The summed E-state index contributed by atoms with van der Waals surface area (Å²) in [5, 5.41) is 0. The number of hydrogen-bond donors (Lipinski definition) is 1. The van der Waals surface area contributed by atoms with Gasteiger partial charge in [-0.2, -0.15) is 0 Å². The molecular weight excluding hydrogens is 436 g/mol. The molecule has 34 heavy (non-hydrogen) atoms. The van der Waals surface area contributed by atoms with Gasteiger partial charge in [-0.15, -0.1) is 0 Å². The van der Waals surface area contributed by atoms with E-state index in [4.69, 9.17) is 15.5 Å². The number of aliphatic imine (C=N–C) groups is 1. The van der Waals surface area contributed by atoms with Gasteiger partial charge in [0.2, 0.25) is 0 Å². The first-order valence-electron chi connectivity index (χ1n) is 11.6. The average molecular weight is 464 g/mol. The molecule has 2 fully saturated rings. The van der Waals surface area contributed by atoms with Gasteiger partial charge in [0.1, 0.15) is 22.8 Å². The third kappa shape index (κ3) is 4.68. The summed E-state index contributed by atoms with van der Waals surface area (Å²) in [5.41, 5.74) is 9.97. The van der Waals surface area contributed by atoms with Crippen molar-refractivity contribution in [3.63, 3.8) is 0 Å². The van der Waals surface area contributed by atoms with Crippen molar-refractivity contribution in [3.05, 3.63) is 65.3 Å². The predicted octanol–water partition coefficient (Wildman–Crippen LogP) is 5.01. The second kappa shape index (κ2) is 9.18. The zero-order valence-electron chi connectivity index (χ0n) is 19.2. The maximum atomic E-state index is 14.8. The number of nitrogens with zero attached hydrogens (tertiary/aromatic N) is 4. The maximum absolute atomic E-state index is 14.8. The topological polar surface area (TPSA) is 86.3 Å². The molecule has 5 rings (SSSR count). The fraction of sp³-hybridized carbons (Fsp3) is 0.385. The monoisotopic (exact) mass is 463 g/mol. The van der Waals surface area contributed by atoms with Crippen LogP contribution in [0.3, 0.4) is 0 Å². The summed E-state index contributed by atoms with van der Waals surface area (Å²) >= 11 is 0. The molecule has 8 heteroatoms. The average Bonchev–Trinajstić information content (AvgIpc) is 3.63. The SMILES string of the molecule is Cc1cnc2c(-c3ccc(F)cc3F)nc([C@H]3C[C@@H](C)O[C@H](/C(C=NC4CC4)=C/N)C3)cc2n1. The van der Waals surface area contributed by atoms with E-state index in [1.54, 1.807) is 12.4 Å². The Hall–Kier alpha value is -3.26. The van der Waals surface area contributed by atoms with Crippen LogP contribution in [-0.2, 0) is 4.74 Å². The Morgan fingerprint density at radius 2 is 2.00 bits per heavy atom. The molecule has 6 nitrogen and oxygen atoms in total. The summed E-state index contributed by atoms with van der Waals surface area (Å²) in [6, 6.07) is 5.80. The van der Waals surface area contributed by atoms with Crippen LogP contribution in [0.1, 0.15) is 49.9 Å². The highest BCUT2D eigenvalue weighted by atomic mass is 19.1. The highest BCUT2D eigenvalue weighted by molar-refractivity contribution is 5.89. The lowest BCUT2D eigenvalue weighted by molar-refractivity contribution is -0.0266. The van der Waals surface area contributed by atoms with Crippen LogP contribution in [0.5, 0.6) is 0 Å². The molecule has 0 unspecified atom stereocenters. The Labute approximate surface area is 197 Å². The molecule has 1 saturated heterocycles. The summed E-state index contributed by atoms with van der Waals surface area (Å²) in [6.45, 7) is 3.88. The van der Waals surface area contributed by atoms with E-state index in [1.165, 1.54) is 12.1 Å². The number of ether oxygens (including phenoxy) is 1. The van der Waals surface area contributed by atoms with Crippen LogP contribution in [0.2, 0.25) is 0 Å². The van der Waals surface area contributed by atoms with Crippen LogP contribution < -0.4 is 5.73 Å². The first kappa shape index (κ1) is 22.5. The molecule has 176 valence electrons. The van der Waals surface area contributed by atoms with Gasteiger partial charge in [0.05, 0.1) is 29.5 Å². The van der Waals surface area contributed by atoms with Gasteiger partial charge in [-0.05, 0) is 57.7 Å². The largest absolute Gasteiger partial charge is 0.404 e. The Balaban J connectivity index is 1.56. The van der Waals surface area contributed by atoms with E-state index in [-0.39, 0.29) is 23.7 Å². The molecule has 3 aromatic rings. The van der Waals surface area contributed by atoms with Crippen LogP contribution in [0.25, 0.3) is 22.3 Å². The van der Waals surface area contributed by atoms with Gasteiger partial charge in [0.15, 0.2) is 0 Å². The summed E-state index contributed by atoms with van der Waals surface area (Å²) in [6.07, 6.45) is 8.41. The predicted molar refractivity (Wildman–Crippen MR) is 128 cm³/mol. The lowest BCUT2D eigenvalue weighted by atomic mass is 9.86. The fourth-order valence-electron chi connectivity index (χ4n) is 4.46. The van der Waals surface area contributed by atoms with Crippen LogP contribution in [0.4, 0.5) is 8.78 Å². The lowest BCUT2D eigenvalue weighted by Gasteiger charge is -2.34. The summed E-state index contributed by atoms with van der Waals surface area (Å²) < 4.78 is 34.5. The molecule has 2 aliphatic rings. The molecule has 0 radical (unpaired) electrons. The maximum Gasteiger partial charge on any atom is 0.135 e. The fourth-order valence-corrected chi connectivity index (χ4v) is 4.46. The van der Waals surface area contributed by atoms with Gasteiger partial charge < -0.3 is 10.5 Å². The highest BCUT2D eigenvalue weighted by Gasteiger charge is 2.32. The Bertz CT molecular complexity index is 1290. The number of pyridine rings is 1. The van der Waals surface area contributed by atoms with Crippen molar-refractivity contribution < 1.29 is 13.5 Å². The summed E-state index contributed by atoms with van der Waals surface area (Å²) in [5.74, 6) is -1.29. The van der Waals surface area contributed by atoms with Crippen molar-refractivity contribution in [1.29, 1.82) is 0 Å². The first-order valence-corrected chi connectivity index (χ1v) is 11.6. The lowest BCUT2D eigenvalue weighted by Crippen LogP contribution is -2.32. The normalized spacial score (nSPS) is 23.6. The first-order chi connectivity index (χ1) is 16.4. The number of benzene rings is 1. The molecule has 0 amide bonds. The van der Waals surface area contributed by atoms with E-state index in [1.807, 2.05) is 26.1 Å². The van der Waals surface area contributed by atoms with Gasteiger partial charge >= 0.3 is 0 Å². The van der Waals surface area contributed by atoms with Crippen molar-refractivity contribution in [3.8, 4) is 11.3 Å². The van der Waals surface area contributed by atoms with E-state index >= 15 is 0 Å². The number of halogens is 2. The van der Waals surface area contributed by atoms with Crippen molar-refractivity contribution in [1.82, 2.24) is 15.0 Å². The van der Waals surface area contributed by atoms with Crippen molar-refractivity contribution in [2.45, 2.75) is 63.7 Å². The minimum Gasteiger partial charge on any atom is -0.404 e. The van der Waals surface area contributed by atoms with Crippen LogP contribution in [-0.4, -0.2) is 39.4 Å². The van der Waals surface area contributed by atoms with E-state index in [2.05, 4.69) is 15.0 Å². The highest BCUT2D eigenvalue weighted by Crippen LogP contribution is 2.37. The van der Waals surface area contributed by atoms with Crippen LogP contribution in [0.15, 0.2) is 47.2 Å². The second-order valence-electron chi connectivity index (χ2n) is 9.18. The summed E-state index contributed by atoms with van der Waals surface area (Å²) in [4.78, 5) is 18.5. The van der Waals surface area contributed by atoms with Crippen LogP contribution in [0, 0.1) is 18.6 Å². The molecule has 1 aromatic carbocycles. The Kier molecular flexibility index (Phi) is 6.08. The minimum absolute atomic E-state index is 0.0277. The Morgan fingerprint density at radius 3 is 2.74 bits per heavy atom. The van der Waals surface area contributed by atoms with Crippen LogP contribution >= 0.6 is 0 Å². The molecule has 1 aliphatic carbocycles. The van der Waals surface area contributed by atoms with E-state index in [0.717, 1.165) is 42.3 Å². The quantitative estimate of drug-likeness (QED) is 0.538. The number of hydrogen-bond acceptors (Lipinski definition) is 6. The van der Waals surface area contributed by atoms with E-state index in [9.17, 15) is 8.78 Å². The number of rotatable bonds is 5. The molecule has 1 saturated carbocycles. The minimum atomic E-state index is -0.684. The zero-order chi connectivity index (χ0) is 23.8. The van der Waals surface area contributed by atoms with Gasteiger partial charge in [0.25, 0.3) is 0 Å². The van der Waals surface area contributed by atoms with E-state index < -0.39 is 11.6 Å². The molecule has 2 aromatic heterocycles. The molecule has 0 spiro atoms. The van der Waals surface area contributed by atoms with Gasteiger partial charge in [0, 0.05) is 47.4 Å². The third-order valence-electron chi connectivity index (χ3n) is 6.33. The molecular formula is C26H27F2N5O.